The van der Waals surface area contributed by atoms with Gasteiger partial charge >= 0.3 is 5.97 Å². The van der Waals surface area contributed by atoms with Gasteiger partial charge in [0.1, 0.15) is 0 Å². The smallest absolute Gasteiger partial charge is 0.335 e. The number of hydrogen-bond acceptors (Lipinski definition) is 4. The maximum absolute atomic E-state index is 11.0. The van der Waals surface area contributed by atoms with Gasteiger partial charge in [-0.3, -0.25) is 4.98 Å². The first-order valence-electron chi connectivity index (χ1n) is 8.99. The number of hydrogen-bond donors (Lipinski definition) is 1. The molecule has 0 unspecified atom stereocenters. The fraction of sp³-hybridized carbons (Fsp3) is 0.318. The Hall–Kier alpha value is -2.53. The summed E-state index contributed by atoms with van der Waals surface area (Å²) in [6.45, 7) is 8.95. The number of aromatic carboxylic acids is 1. The van der Waals surface area contributed by atoms with E-state index >= 15 is 0 Å². The minimum absolute atomic E-state index is 0.0224. The second kappa shape index (κ2) is 5.99. The maximum atomic E-state index is 11.0. The Labute approximate surface area is 162 Å². The zero-order chi connectivity index (χ0) is 19.4. The quantitative estimate of drug-likeness (QED) is 0.651. The lowest BCUT2D eigenvalue weighted by atomic mass is 9.83. The number of aromatic nitrogens is 2. The number of carboxylic acid groups (broad SMARTS) is 1. The highest BCUT2D eigenvalue weighted by atomic mass is 32.1. The molecule has 3 aromatic rings. The molecule has 0 aliphatic heterocycles. The third-order valence-corrected chi connectivity index (χ3v) is 6.37. The van der Waals surface area contributed by atoms with Crippen molar-refractivity contribution in [3.8, 4) is 21.0 Å². The third kappa shape index (κ3) is 3.06. The highest BCUT2D eigenvalue weighted by molar-refractivity contribution is 7.18. The van der Waals surface area contributed by atoms with E-state index in [9.17, 15) is 4.79 Å². The Morgan fingerprint density at radius 1 is 0.963 bits per heavy atom. The molecule has 4 nitrogen and oxygen atoms in total. The van der Waals surface area contributed by atoms with Crippen molar-refractivity contribution < 1.29 is 9.90 Å². The topological polar surface area (TPSA) is 63.1 Å². The second-order valence-electron chi connectivity index (χ2n) is 8.44. The average Bonchev–Trinajstić information content (AvgIpc) is 3.16. The van der Waals surface area contributed by atoms with Crippen molar-refractivity contribution in [3.63, 3.8) is 0 Å². The van der Waals surface area contributed by atoms with Crippen LogP contribution < -0.4 is 0 Å². The van der Waals surface area contributed by atoms with Crippen molar-refractivity contribution in [1.82, 2.24) is 9.97 Å². The van der Waals surface area contributed by atoms with Crippen LogP contribution in [0.1, 0.15) is 55.9 Å². The number of nitrogens with zero attached hydrogens (tertiary/aromatic N) is 2. The van der Waals surface area contributed by atoms with Gasteiger partial charge in [0.2, 0.25) is 0 Å². The Morgan fingerprint density at radius 3 is 2.26 bits per heavy atom. The first-order chi connectivity index (χ1) is 12.7. The predicted molar refractivity (Wildman–Crippen MR) is 108 cm³/mol. The van der Waals surface area contributed by atoms with E-state index in [4.69, 9.17) is 15.1 Å². The molecule has 4 rings (SSSR count). The van der Waals surface area contributed by atoms with E-state index in [-0.39, 0.29) is 10.8 Å². The average molecular weight is 378 g/mol. The van der Waals surface area contributed by atoms with Crippen LogP contribution in [0.2, 0.25) is 0 Å². The van der Waals surface area contributed by atoms with Gasteiger partial charge < -0.3 is 5.11 Å². The Morgan fingerprint density at radius 2 is 1.59 bits per heavy atom. The maximum Gasteiger partial charge on any atom is 0.335 e. The molecule has 0 saturated heterocycles. The summed E-state index contributed by atoms with van der Waals surface area (Å²) in [4.78, 5) is 22.9. The predicted octanol–water partition coefficient (Wildman–Crippen LogP) is 5.53. The van der Waals surface area contributed by atoms with E-state index in [0.29, 0.717) is 5.56 Å². The van der Waals surface area contributed by atoms with Gasteiger partial charge in [0, 0.05) is 15.7 Å². The number of benzene rings is 1. The highest BCUT2D eigenvalue weighted by Crippen LogP contribution is 2.48. The summed E-state index contributed by atoms with van der Waals surface area (Å²) in [5.41, 5.74) is 4.49. The molecule has 0 fully saturated rings. The summed E-state index contributed by atoms with van der Waals surface area (Å²) in [6.07, 6.45) is 2.93. The van der Waals surface area contributed by atoms with Crippen LogP contribution in [0.15, 0.2) is 42.6 Å². The molecule has 0 amide bonds. The largest absolute Gasteiger partial charge is 0.478 e. The number of thiophene rings is 1. The number of fused-ring (bicyclic) bond motifs is 1. The normalized spacial score (nSPS) is 16.9. The summed E-state index contributed by atoms with van der Waals surface area (Å²) in [7, 11) is 0. The first kappa shape index (κ1) is 17.9. The second-order valence-corrected chi connectivity index (χ2v) is 9.53. The number of rotatable bonds is 3. The van der Waals surface area contributed by atoms with Crippen LogP contribution in [-0.2, 0) is 10.8 Å². The van der Waals surface area contributed by atoms with Crippen LogP contribution in [0, 0.1) is 0 Å². The van der Waals surface area contributed by atoms with Gasteiger partial charge in [-0.05, 0) is 36.2 Å². The van der Waals surface area contributed by atoms with E-state index in [1.54, 1.807) is 23.5 Å². The zero-order valence-electron chi connectivity index (χ0n) is 15.9. The first-order valence-corrected chi connectivity index (χ1v) is 9.81. The van der Waals surface area contributed by atoms with E-state index in [2.05, 4.69) is 39.8 Å². The van der Waals surface area contributed by atoms with Gasteiger partial charge in [0.05, 0.1) is 33.7 Å². The Kier molecular flexibility index (Phi) is 3.96. The van der Waals surface area contributed by atoms with E-state index in [1.807, 2.05) is 18.3 Å². The highest BCUT2D eigenvalue weighted by Gasteiger charge is 2.44. The molecule has 1 aliphatic rings. The van der Waals surface area contributed by atoms with Crippen LogP contribution in [0.3, 0.4) is 0 Å². The van der Waals surface area contributed by atoms with Crippen molar-refractivity contribution in [3.05, 3.63) is 59.5 Å². The van der Waals surface area contributed by atoms with Gasteiger partial charge in [-0.15, -0.1) is 11.3 Å². The molecular formula is C22H22N2O2S. The van der Waals surface area contributed by atoms with Crippen molar-refractivity contribution in [1.29, 1.82) is 0 Å². The molecule has 1 N–H and O–H groups in total. The molecule has 138 valence electrons. The molecule has 1 aromatic carbocycles. The third-order valence-electron chi connectivity index (χ3n) is 5.21. The van der Waals surface area contributed by atoms with Crippen LogP contribution in [0.4, 0.5) is 0 Å². The number of carboxylic acids is 1. The zero-order valence-corrected chi connectivity index (χ0v) is 16.7. The van der Waals surface area contributed by atoms with Crippen molar-refractivity contribution >= 4 is 17.3 Å². The number of carbonyl (C=O) groups is 1. The summed E-state index contributed by atoms with van der Waals surface area (Å²) in [5.74, 6) is -0.910. The van der Waals surface area contributed by atoms with Crippen LogP contribution in [0.25, 0.3) is 21.0 Å². The van der Waals surface area contributed by atoms with Crippen molar-refractivity contribution in [2.75, 3.05) is 0 Å². The van der Waals surface area contributed by atoms with Gasteiger partial charge in [0.25, 0.3) is 0 Å². The van der Waals surface area contributed by atoms with E-state index in [0.717, 1.165) is 38.8 Å². The molecule has 0 saturated carbocycles. The van der Waals surface area contributed by atoms with Crippen molar-refractivity contribution in [2.45, 2.75) is 44.9 Å². The lowest BCUT2D eigenvalue weighted by Gasteiger charge is -2.21. The lowest BCUT2D eigenvalue weighted by Crippen LogP contribution is -2.18. The molecular weight excluding hydrogens is 356 g/mol. The molecule has 2 heterocycles. The molecule has 0 bridgehead atoms. The standard InChI is InChI=1S/C22H22N2O2S/c1-21(2)12-22(3,4)19-18(21)23-11-15(24-19)17-10-9-16(27-17)13-5-7-14(8-6-13)20(25)26/h5-11H,12H2,1-4H3,(H,25,26). The summed E-state index contributed by atoms with van der Waals surface area (Å²) in [5, 5.41) is 9.04. The van der Waals surface area contributed by atoms with Crippen molar-refractivity contribution in [2.24, 2.45) is 0 Å². The molecule has 0 spiro atoms. The molecule has 0 atom stereocenters. The van der Waals surface area contributed by atoms with Gasteiger partial charge in [-0.1, -0.05) is 39.8 Å². The Bertz CT molecular complexity index is 1030. The van der Waals surface area contributed by atoms with E-state index < -0.39 is 5.97 Å². The minimum atomic E-state index is -0.910. The SMILES string of the molecule is CC1(C)CC(C)(C)c2nc(-c3ccc(-c4ccc(C(=O)O)cc4)s3)cnc21. The van der Waals surface area contributed by atoms with E-state index in [1.165, 1.54) is 0 Å². The van der Waals surface area contributed by atoms with Crippen LogP contribution in [-0.4, -0.2) is 21.0 Å². The van der Waals surface area contributed by atoms with Gasteiger partial charge in [0.15, 0.2) is 0 Å². The molecule has 1 aliphatic carbocycles. The molecule has 27 heavy (non-hydrogen) atoms. The molecule has 2 aromatic heterocycles. The summed E-state index contributed by atoms with van der Waals surface area (Å²) < 4.78 is 0. The summed E-state index contributed by atoms with van der Waals surface area (Å²) >= 11 is 1.65. The molecule has 5 heteroatoms. The fourth-order valence-corrected chi connectivity index (χ4v) is 5.12. The fourth-order valence-electron chi connectivity index (χ4n) is 4.16. The minimum Gasteiger partial charge on any atom is -0.478 e. The monoisotopic (exact) mass is 378 g/mol. The summed E-state index contributed by atoms with van der Waals surface area (Å²) in [6, 6.07) is 11.1. The Balaban J connectivity index is 1.69. The van der Waals surface area contributed by atoms with Gasteiger partial charge in [-0.25, -0.2) is 9.78 Å². The lowest BCUT2D eigenvalue weighted by molar-refractivity contribution is 0.0697. The van der Waals surface area contributed by atoms with Crippen LogP contribution >= 0.6 is 11.3 Å². The molecule has 0 radical (unpaired) electrons. The van der Waals surface area contributed by atoms with Gasteiger partial charge in [-0.2, -0.15) is 0 Å². The van der Waals surface area contributed by atoms with Crippen LogP contribution in [0.5, 0.6) is 0 Å².